The van der Waals surface area contributed by atoms with E-state index in [0.29, 0.717) is 0 Å². The molecular weight excluding hydrogens is 208 g/mol. The molecule has 0 radical (unpaired) electrons. The van der Waals surface area contributed by atoms with Gasteiger partial charge >= 0.3 is 0 Å². The fourth-order valence-electron chi connectivity index (χ4n) is 1.93. The second-order valence-electron chi connectivity index (χ2n) is 7.80. The maximum absolute atomic E-state index is 3.44. The molecule has 2 heteroatoms. The molecule has 0 aromatic heterocycles. The highest BCUT2D eigenvalue weighted by Crippen LogP contribution is 2.41. The van der Waals surface area contributed by atoms with Gasteiger partial charge in [-0.2, -0.15) is 0 Å². The van der Waals surface area contributed by atoms with Crippen LogP contribution in [-0.4, -0.2) is 35.6 Å². The van der Waals surface area contributed by atoms with Gasteiger partial charge in [0.1, 0.15) is 0 Å². The van der Waals surface area contributed by atoms with Crippen molar-refractivity contribution in [2.45, 2.75) is 78.9 Å². The fourth-order valence-corrected chi connectivity index (χ4v) is 1.93. The molecule has 1 N–H and O–H groups in total. The Bertz CT molecular complexity index is 257. The monoisotopic (exact) mass is 242 g/mol. The van der Waals surface area contributed by atoms with E-state index in [1.165, 1.54) is 0 Å². The van der Waals surface area contributed by atoms with Crippen molar-refractivity contribution in [1.82, 2.24) is 10.2 Å². The van der Waals surface area contributed by atoms with Crippen molar-refractivity contribution < 1.29 is 0 Å². The van der Waals surface area contributed by atoms with E-state index in [-0.39, 0.29) is 22.0 Å². The molecule has 0 unspecified atom stereocenters. The quantitative estimate of drug-likeness (QED) is 0.811. The lowest BCUT2D eigenvalue weighted by molar-refractivity contribution is -0.0594. The fraction of sp³-hybridized carbons (Fsp3) is 1.00. The van der Waals surface area contributed by atoms with Crippen LogP contribution in [0.1, 0.15) is 62.3 Å². The summed E-state index contributed by atoms with van der Waals surface area (Å²) in [5.41, 5.74) is 0.496. The van der Waals surface area contributed by atoms with Crippen molar-refractivity contribution >= 4 is 0 Å². The highest BCUT2D eigenvalue weighted by Gasteiger charge is 2.48. The summed E-state index contributed by atoms with van der Waals surface area (Å²) < 4.78 is 0. The van der Waals surface area contributed by atoms with Crippen LogP contribution in [0.3, 0.4) is 0 Å². The van der Waals surface area contributed by atoms with Gasteiger partial charge in [0.25, 0.3) is 0 Å². The van der Waals surface area contributed by atoms with Gasteiger partial charge in [0.05, 0.1) is 0 Å². The van der Waals surface area contributed by atoms with E-state index in [9.17, 15) is 0 Å². The normalized spacial score (nSPS) is 15.5. The van der Waals surface area contributed by atoms with Crippen molar-refractivity contribution in [2.75, 3.05) is 14.1 Å². The van der Waals surface area contributed by atoms with Crippen LogP contribution in [0, 0.1) is 5.41 Å². The number of nitrogens with one attached hydrogen (secondary N) is 1. The Kier molecular flexibility index (Phi) is 4.52. The second-order valence-corrected chi connectivity index (χ2v) is 7.80. The number of nitrogens with zero attached hydrogens (tertiary/aromatic N) is 1. The molecule has 0 fully saturated rings. The predicted octanol–water partition coefficient (Wildman–Crippen LogP) is 3.52. The van der Waals surface area contributed by atoms with Crippen LogP contribution in [0.4, 0.5) is 0 Å². The highest BCUT2D eigenvalue weighted by molar-refractivity contribution is 5.06. The summed E-state index contributed by atoms with van der Waals surface area (Å²) >= 11 is 0. The average molecular weight is 242 g/mol. The van der Waals surface area contributed by atoms with Crippen LogP contribution >= 0.6 is 0 Å². The summed E-state index contributed by atoms with van der Waals surface area (Å²) in [5.74, 6) is 0. The van der Waals surface area contributed by atoms with E-state index >= 15 is 0 Å². The first-order valence-corrected chi connectivity index (χ1v) is 6.64. The van der Waals surface area contributed by atoms with E-state index in [0.717, 1.165) is 0 Å². The van der Waals surface area contributed by atoms with Gasteiger partial charge in [0, 0.05) is 16.6 Å². The minimum Gasteiger partial charge on any atom is -0.313 e. The van der Waals surface area contributed by atoms with Crippen LogP contribution in [0.2, 0.25) is 0 Å². The van der Waals surface area contributed by atoms with E-state index in [1.54, 1.807) is 0 Å². The van der Waals surface area contributed by atoms with Crippen LogP contribution < -0.4 is 5.32 Å². The van der Waals surface area contributed by atoms with E-state index in [4.69, 9.17) is 0 Å². The zero-order valence-electron chi connectivity index (χ0n) is 13.9. The molecule has 0 heterocycles. The van der Waals surface area contributed by atoms with Crippen molar-refractivity contribution in [3.05, 3.63) is 0 Å². The largest absolute Gasteiger partial charge is 0.313 e. The Morgan fingerprint density at radius 1 is 0.706 bits per heavy atom. The molecule has 0 aliphatic rings. The maximum Gasteiger partial charge on any atom is 0.0331 e. The Balaban J connectivity index is 5.38. The molecule has 104 valence electrons. The van der Waals surface area contributed by atoms with Crippen molar-refractivity contribution in [3.8, 4) is 0 Å². The Labute approximate surface area is 109 Å². The van der Waals surface area contributed by atoms with Gasteiger partial charge in [-0.1, -0.05) is 20.8 Å². The first-order valence-electron chi connectivity index (χ1n) is 6.64. The standard InChI is InChI=1S/C15H34N2/c1-12(2,3)14(6,7)17(11)15(8,9)13(4,5)16-10/h16H,1-11H3. The molecule has 0 atom stereocenters. The lowest BCUT2D eigenvalue weighted by Gasteiger charge is -2.58. The lowest BCUT2D eigenvalue weighted by Crippen LogP contribution is -2.69. The molecular formula is C15H34N2. The number of hydrogen-bond acceptors (Lipinski definition) is 2. The Hall–Kier alpha value is -0.0800. The molecule has 0 aromatic carbocycles. The van der Waals surface area contributed by atoms with Gasteiger partial charge in [0.15, 0.2) is 0 Å². The summed E-state index contributed by atoms with van der Waals surface area (Å²) in [5, 5.41) is 3.44. The predicted molar refractivity (Wildman–Crippen MR) is 78.5 cm³/mol. The minimum atomic E-state index is 0.0598. The molecule has 0 rings (SSSR count). The van der Waals surface area contributed by atoms with Gasteiger partial charge in [-0.05, 0) is 61.1 Å². The topological polar surface area (TPSA) is 15.3 Å². The van der Waals surface area contributed by atoms with Gasteiger partial charge in [-0.25, -0.2) is 0 Å². The lowest BCUT2D eigenvalue weighted by atomic mass is 9.70. The summed E-state index contributed by atoms with van der Waals surface area (Å²) in [6.07, 6.45) is 0. The first kappa shape index (κ1) is 16.9. The molecule has 17 heavy (non-hydrogen) atoms. The van der Waals surface area contributed by atoms with E-state index < -0.39 is 0 Å². The molecule has 0 bridgehead atoms. The second kappa shape index (κ2) is 4.55. The molecule has 0 aliphatic heterocycles. The molecule has 2 nitrogen and oxygen atoms in total. The molecule has 0 saturated heterocycles. The van der Waals surface area contributed by atoms with Gasteiger partial charge in [-0.3, -0.25) is 4.90 Å². The molecule has 0 saturated carbocycles. The van der Waals surface area contributed by atoms with Crippen molar-refractivity contribution in [1.29, 1.82) is 0 Å². The van der Waals surface area contributed by atoms with Crippen LogP contribution in [0.25, 0.3) is 0 Å². The smallest absolute Gasteiger partial charge is 0.0331 e. The van der Waals surface area contributed by atoms with Gasteiger partial charge in [0.2, 0.25) is 0 Å². The van der Waals surface area contributed by atoms with Gasteiger partial charge in [-0.15, -0.1) is 0 Å². The zero-order valence-corrected chi connectivity index (χ0v) is 13.9. The number of rotatable bonds is 4. The summed E-state index contributed by atoms with van der Waals surface area (Å²) in [6.45, 7) is 20.8. The third kappa shape index (κ3) is 2.85. The third-order valence-corrected chi connectivity index (χ3v) is 5.67. The molecule has 0 spiro atoms. The average Bonchev–Trinajstić information content (AvgIpc) is 2.14. The Morgan fingerprint density at radius 3 is 1.29 bits per heavy atom. The molecule has 0 aliphatic carbocycles. The number of hydrogen-bond donors (Lipinski definition) is 1. The maximum atomic E-state index is 3.44. The number of likely N-dealkylation sites (N-methyl/N-ethyl adjacent to an activating group) is 2. The zero-order chi connectivity index (χ0) is 14.3. The summed E-state index contributed by atoms with van der Waals surface area (Å²) in [4.78, 5) is 2.51. The minimum absolute atomic E-state index is 0.0598. The summed E-state index contributed by atoms with van der Waals surface area (Å²) in [7, 11) is 4.28. The van der Waals surface area contributed by atoms with E-state index in [2.05, 4.69) is 79.6 Å². The van der Waals surface area contributed by atoms with Crippen molar-refractivity contribution in [2.24, 2.45) is 5.41 Å². The molecule has 0 amide bonds. The summed E-state index contributed by atoms with van der Waals surface area (Å²) in [6, 6.07) is 0. The Morgan fingerprint density at radius 2 is 1.06 bits per heavy atom. The third-order valence-electron chi connectivity index (χ3n) is 5.67. The SMILES string of the molecule is CNC(C)(C)C(C)(C)N(C)C(C)(C)C(C)(C)C. The van der Waals surface area contributed by atoms with Gasteiger partial charge < -0.3 is 5.32 Å². The highest BCUT2D eigenvalue weighted by atomic mass is 15.3. The molecule has 0 aromatic rings. The first-order chi connectivity index (χ1) is 7.22. The van der Waals surface area contributed by atoms with Crippen LogP contribution in [0.5, 0.6) is 0 Å². The van der Waals surface area contributed by atoms with Crippen LogP contribution in [0.15, 0.2) is 0 Å². The van der Waals surface area contributed by atoms with Crippen LogP contribution in [-0.2, 0) is 0 Å². The van der Waals surface area contributed by atoms with Crippen molar-refractivity contribution in [3.63, 3.8) is 0 Å². The van der Waals surface area contributed by atoms with E-state index in [1.807, 2.05) is 7.05 Å².